The highest BCUT2D eigenvalue weighted by molar-refractivity contribution is 7.18. The molecule has 0 spiro atoms. The maximum atomic E-state index is 12.6. The van der Waals surface area contributed by atoms with E-state index in [9.17, 15) is 4.79 Å². The van der Waals surface area contributed by atoms with Crippen molar-refractivity contribution in [1.29, 1.82) is 0 Å². The lowest BCUT2D eigenvalue weighted by atomic mass is 10.2. The standard InChI is InChI=1S/C15H22N4OS/c1-6-10(4)16-15-18-17-13(21-15)12-8-7-11(5)19(9(2)3)14(12)20/h7-10H,6H2,1-5H3,(H,16,18). The predicted molar refractivity (Wildman–Crippen MR) is 88.1 cm³/mol. The Hall–Kier alpha value is -1.69. The van der Waals surface area contributed by atoms with Gasteiger partial charge in [0.2, 0.25) is 5.13 Å². The summed E-state index contributed by atoms with van der Waals surface area (Å²) in [5, 5.41) is 13.0. The van der Waals surface area contributed by atoms with Crippen molar-refractivity contribution in [2.75, 3.05) is 5.32 Å². The Morgan fingerprint density at radius 3 is 2.62 bits per heavy atom. The van der Waals surface area contributed by atoms with Gasteiger partial charge in [0.05, 0.1) is 5.56 Å². The van der Waals surface area contributed by atoms with Gasteiger partial charge in [-0.15, -0.1) is 10.2 Å². The van der Waals surface area contributed by atoms with E-state index in [0.717, 1.165) is 17.2 Å². The number of rotatable bonds is 5. The number of anilines is 1. The summed E-state index contributed by atoms with van der Waals surface area (Å²) in [4.78, 5) is 12.6. The highest BCUT2D eigenvalue weighted by Gasteiger charge is 2.15. The van der Waals surface area contributed by atoms with Gasteiger partial charge >= 0.3 is 0 Å². The van der Waals surface area contributed by atoms with Crippen LogP contribution in [-0.4, -0.2) is 20.8 Å². The Morgan fingerprint density at radius 2 is 2.00 bits per heavy atom. The van der Waals surface area contributed by atoms with Crippen LogP contribution in [0.15, 0.2) is 16.9 Å². The van der Waals surface area contributed by atoms with Crippen molar-refractivity contribution in [2.45, 2.75) is 53.1 Å². The second kappa shape index (κ2) is 6.39. The molecule has 6 heteroatoms. The minimum atomic E-state index is -0.00348. The number of nitrogens with zero attached hydrogens (tertiary/aromatic N) is 3. The maximum Gasteiger partial charge on any atom is 0.261 e. The van der Waals surface area contributed by atoms with Crippen LogP contribution in [0.4, 0.5) is 5.13 Å². The average molecular weight is 306 g/mol. The molecule has 2 heterocycles. The fraction of sp³-hybridized carbons (Fsp3) is 0.533. The summed E-state index contributed by atoms with van der Waals surface area (Å²) in [6.45, 7) is 10.2. The van der Waals surface area contributed by atoms with Gasteiger partial charge in [-0.3, -0.25) is 4.79 Å². The number of aromatic nitrogens is 3. The lowest BCUT2D eigenvalue weighted by Crippen LogP contribution is -2.25. The summed E-state index contributed by atoms with van der Waals surface area (Å²) < 4.78 is 1.79. The molecule has 0 fully saturated rings. The molecule has 0 aliphatic carbocycles. The largest absolute Gasteiger partial charge is 0.358 e. The Labute approximate surface area is 129 Å². The summed E-state index contributed by atoms with van der Waals surface area (Å²) in [7, 11) is 0. The molecule has 1 unspecified atom stereocenters. The molecule has 0 saturated heterocycles. The maximum absolute atomic E-state index is 12.6. The Bertz CT molecular complexity index is 675. The number of aryl methyl sites for hydroxylation is 1. The highest BCUT2D eigenvalue weighted by Crippen LogP contribution is 2.25. The van der Waals surface area contributed by atoms with Crippen LogP contribution < -0.4 is 10.9 Å². The summed E-state index contributed by atoms with van der Waals surface area (Å²) in [6.07, 6.45) is 1.01. The summed E-state index contributed by atoms with van der Waals surface area (Å²) in [5.74, 6) is 0. The topological polar surface area (TPSA) is 59.8 Å². The van der Waals surface area contributed by atoms with E-state index in [4.69, 9.17) is 0 Å². The van der Waals surface area contributed by atoms with E-state index in [1.807, 2.05) is 32.9 Å². The molecule has 21 heavy (non-hydrogen) atoms. The van der Waals surface area contributed by atoms with Crippen molar-refractivity contribution in [3.05, 3.63) is 28.2 Å². The Morgan fingerprint density at radius 1 is 1.29 bits per heavy atom. The second-order valence-electron chi connectivity index (χ2n) is 5.52. The van der Waals surface area contributed by atoms with E-state index in [2.05, 4.69) is 29.4 Å². The zero-order chi connectivity index (χ0) is 15.6. The Kier molecular flexibility index (Phi) is 4.77. The van der Waals surface area contributed by atoms with Gasteiger partial charge in [0.15, 0.2) is 5.01 Å². The molecule has 0 saturated carbocycles. The number of hydrogen-bond acceptors (Lipinski definition) is 5. The summed E-state index contributed by atoms with van der Waals surface area (Å²) in [5.41, 5.74) is 1.57. The van der Waals surface area contributed by atoms with Crippen LogP contribution in [0.5, 0.6) is 0 Å². The minimum Gasteiger partial charge on any atom is -0.358 e. The molecule has 1 N–H and O–H groups in total. The molecular formula is C15H22N4OS. The van der Waals surface area contributed by atoms with Gasteiger partial charge < -0.3 is 9.88 Å². The first kappa shape index (κ1) is 15.7. The van der Waals surface area contributed by atoms with E-state index >= 15 is 0 Å². The summed E-state index contributed by atoms with van der Waals surface area (Å²) >= 11 is 1.42. The second-order valence-corrected chi connectivity index (χ2v) is 6.50. The van der Waals surface area contributed by atoms with Gasteiger partial charge in [-0.1, -0.05) is 18.3 Å². The zero-order valence-corrected chi connectivity index (χ0v) is 14.0. The van der Waals surface area contributed by atoms with E-state index in [1.54, 1.807) is 4.57 Å². The van der Waals surface area contributed by atoms with Crippen LogP contribution in [0.25, 0.3) is 10.6 Å². The van der Waals surface area contributed by atoms with Crippen LogP contribution >= 0.6 is 11.3 Å². The number of nitrogens with one attached hydrogen (secondary N) is 1. The molecule has 2 rings (SSSR count). The van der Waals surface area contributed by atoms with Gasteiger partial charge in [-0.05, 0) is 46.2 Å². The average Bonchev–Trinajstić information content (AvgIpc) is 2.86. The van der Waals surface area contributed by atoms with Crippen LogP contribution in [0.2, 0.25) is 0 Å². The molecule has 114 valence electrons. The van der Waals surface area contributed by atoms with Gasteiger partial charge in [0, 0.05) is 17.8 Å². The molecule has 0 aliphatic rings. The SMILES string of the molecule is CCC(C)Nc1nnc(-c2ccc(C)n(C(C)C)c2=O)s1. The van der Waals surface area contributed by atoms with Gasteiger partial charge in [-0.2, -0.15) is 0 Å². The lowest BCUT2D eigenvalue weighted by molar-refractivity contribution is 0.564. The molecule has 0 amide bonds. The minimum absolute atomic E-state index is 0.00348. The highest BCUT2D eigenvalue weighted by atomic mass is 32.1. The fourth-order valence-electron chi connectivity index (χ4n) is 2.15. The predicted octanol–water partition coefficient (Wildman–Crippen LogP) is 3.47. The van der Waals surface area contributed by atoms with Gasteiger partial charge in [0.1, 0.15) is 0 Å². The monoisotopic (exact) mass is 306 g/mol. The van der Waals surface area contributed by atoms with Crippen molar-refractivity contribution in [3.63, 3.8) is 0 Å². The molecule has 2 aromatic heterocycles. The molecule has 0 bridgehead atoms. The Balaban J connectivity index is 2.39. The third-order valence-corrected chi connectivity index (χ3v) is 4.36. The first-order valence-corrected chi connectivity index (χ1v) is 8.08. The number of pyridine rings is 1. The van der Waals surface area contributed by atoms with Crippen LogP contribution in [-0.2, 0) is 0 Å². The molecule has 2 aromatic rings. The van der Waals surface area contributed by atoms with E-state index in [0.29, 0.717) is 16.6 Å². The summed E-state index contributed by atoms with van der Waals surface area (Å²) in [6, 6.07) is 4.27. The van der Waals surface area contributed by atoms with E-state index in [-0.39, 0.29) is 11.6 Å². The molecule has 0 aliphatic heterocycles. The van der Waals surface area contributed by atoms with E-state index in [1.165, 1.54) is 11.3 Å². The van der Waals surface area contributed by atoms with Gasteiger partial charge in [0.25, 0.3) is 5.56 Å². The lowest BCUT2D eigenvalue weighted by Gasteiger charge is -2.14. The molecular weight excluding hydrogens is 284 g/mol. The normalized spacial score (nSPS) is 12.7. The smallest absolute Gasteiger partial charge is 0.261 e. The van der Waals surface area contributed by atoms with Crippen molar-refractivity contribution in [1.82, 2.24) is 14.8 Å². The van der Waals surface area contributed by atoms with Crippen molar-refractivity contribution in [3.8, 4) is 10.6 Å². The fourth-order valence-corrected chi connectivity index (χ4v) is 3.03. The van der Waals surface area contributed by atoms with Crippen LogP contribution in [0.3, 0.4) is 0 Å². The van der Waals surface area contributed by atoms with Crippen molar-refractivity contribution < 1.29 is 0 Å². The molecule has 0 radical (unpaired) electrons. The van der Waals surface area contributed by atoms with E-state index < -0.39 is 0 Å². The van der Waals surface area contributed by atoms with Crippen molar-refractivity contribution >= 4 is 16.5 Å². The molecule has 0 aromatic carbocycles. The molecule has 1 atom stereocenters. The first-order chi connectivity index (χ1) is 9.93. The zero-order valence-electron chi connectivity index (χ0n) is 13.2. The third-order valence-electron chi connectivity index (χ3n) is 3.47. The van der Waals surface area contributed by atoms with Crippen LogP contribution in [0.1, 0.15) is 45.9 Å². The first-order valence-electron chi connectivity index (χ1n) is 7.26. The molecule has 5 nitrogen and oxygen atoms in total. The third kappa shape index (κ3) is 3.32. The van der Waals surface area contributed by atoms with Crippen molar-refractivity contribution in [2.24, 2.45) is 0 Å². The number of hydrogen-bond donors (Lipinski definition) is 1. The van der Waals surface area contributed by atoms with Gasteiger partial charge in [-0.25, -0.2) is 0 Å². The quantitative estimate of drug-likeness (QED) is 0.919. The van der Waals surface area contributed by atoms with Crippen LogP contribution in [0, 0.1) is 6.92 Å².